The summed E-state index contributed by atoms with van der Waals surface area (Å²) in [4.78, 5) is 7.46. The summed E-state index contributed by atoms with van der Waals surface area (Å²) in [6.07, 6.45) is 3.02. The molecule has 4 nitrogen and oxygen atoms in total. The van der Waals surface area contributed by atoms with E-state index in [0.717, 1.165) is 48.6 Å². The van der Waals surface area contributed by atoms with Crippen LogP contribution >= 0.6 is 0 Å². The Kier molecular flexibility index (Phi) is 6.24. The molecule has 164 valence electrons. The highest BCUT2D eigenvalue weighted by Gasteiger charge is 2.29. The van der Waals surface area contributed by atoms with Gasteiger partial charge in [-0.25, -0.2) is 4.39 Å². The molecular weight excluding hydrogens is 387 g/mol. The first-order valence-corrected chi connectivity index (χ1v) is 11.3. The summed E-state index contributed by atoms with van der Waals surface area (Å²) in [7, 11) is 0. The van der Waals surface area contributed by atoms with Crippen LogP contribution in [0.3, 0.4) is 0 Å². The summed E-state index contributed by atoms with van der Waals surface area (Å²) < 4.78 is 15.8. The number of nitrogens with zero attached hydrogens (tertiary/aromatic N) is 4. The van der Waals surface area contributed by atoms with Crippen LogP contribution in [-0.4, -0.2) is 26.2 Å². The summed E-state index contributed by atoms with van der Waals surface area (Å²) in [5, 5.41) is 4.78. The molecule has 31 heavy (non-hydrogen) atoms. The molecule has 0 bridgehead atoms. The fourth-order valence-corrected chi connectivity index (χ4v) is 4.91. The lowest BCUT2D eigenvalue weighted by Gasteiger charge is -2.25. The summed E-state index contributed by atoms with van der Waals surface area (Å²) in [6, 6.07) is 11.9. The first-order chi connectivity index (χ1) is 14.8. The van der Waals surface area contributed by atoms with Gasteiger partial charge in [0.1, 0.15) is 5.82 Å². The van der Waals surface area contributed by atoms with E-state index in [4.69, 9.17) is 10.1 Å². The number of benzene rings is 1. The Hall–Kier alpha value is -2.53. The molecule has 0 radical (unpaired) electrons. The molecular formula is C26H33FN4. The van der Waals surface area contributed by atoms with Crippen molar-refractivity contribution in [2.24, 2.45) is 0 Å². The molecule has 1 aliphatic rings. The smallest absolute Gasteiger partial charge is 0.123 e. The zero-order valence-corrected chi connectivity index (χ0v) is 19.3. The summed E-state index contributed by atoms with van der Waals surface area (Å²) >= 11 is 0. The van der Waals surface area contributed by atoms with Crippen LogP contribution in [0.1, 0.15) is 78.2 Å². The van der Waals surface area contributed by atoms with Crippen LogP contribution in [0.25, 0.3) is 0 Å². The van der Waals surface area contributed by atoms with E-state index in [2.05, 4.69) is 56.3 Å². The van der Waals surface area contributed by atoms with E-state index in [1.807, 2.05) is 6.07 Å². The predicted octanol–water partition coefficient (Wildman–Crippen LogP) is 5.85. The van der Waals surface area contributed by atoms with Gasteiger partial charge in [0, 0.05) is 29.5 Å². The molecule has 2 aromatic heterocycles. The monoisotopic (exact) mass is 420 g/mol. The number of aromatic nitrogens is 3. The Bertz CT molecular complexity index is 1070. The van der Waals surface area contributed by atoms with Gasteiger partial charge in [-0.05, 0) is 95.8 Å². The predicted molar refractivity (Wildman–Crippen MR) is 123 cm³/mol. The summed E-state index contributed by atoms with van der Waals surface area (Å²) in [5.74, 6) is -0.182. The van der Waals surface area contributed by atoms with Gasteiger partial charge in [0.2, 0.25) is 0 Å². The number of hydrogen-bond donors (Lipinski definition) is 0. The molecule has 0 spiro atoms. The average Bonchev–Trinajstić information content (AvgIpc) is 3.27. The molecule has 0 saturated carbocycles. The maximum absolute atomic E-state index is 13.6. The lowest BCUT2D eigenvalue weighted by atomic mass is 10.0. The Morgan fingerprint density at radius 2 is 1.90 bits per heavy atom. The van der Waals surface area contributed by atoms with Crippen molar-refractivity contribution in [1.29, 1.82) is 0 Å². The zero-order valence-electron chi connectivity index (χ0n) is 19.3. The van der Waals surface area contributed by atoms with E-state index in [9.17, 15) is 4.39 Å². The third kappa shape index (κ3) is 4.72. The number of halogens is 1. The lowest BCUT2D eigenvalue weighted by Crippen LogP contribution is -2.24. The number of rotatable bonds is 6. The Balaban J connectivity index is 1.58. The average molecular weight is 421 g/mol. The highest BCUT2D eigenvalue weighted by molar-refractivity contribution is 5.31. The minimum atomic E-state index is -0.182. The van der Waals surface area contributed by atoms with E-state index in [-0.39, 0.29) is 5.82 Å². The van der Waals surface area contributed by atoms with Crippen molar-refractivity contribution in [2.45, 2.75) is 72.5 Å². The van der Waals surface area contributed by atoms with Gasteiger partial charge >= 0.3 is 0 Å². The third-order valence-electron chi connectivity index (χ3n) is 6.36. The molecule has 0 amide bonds. The Morgan fingerprint density at radius 3 is 2.61 bits per heavy atom. The minimum absolute atomic E-state index is 0.182. The molecule has 1 atom stereocenters. The maximum Gasteiger partial charge on any atom is 0.123 e. The highest BCUT2D eigenvalue weighted by atomic mass is 19.1. The van der Waals surface area contributed by atoms with Crippen LogP contribution in [-0.2, 0) is 13.0 Å². The largest absolute Gasteiger partial charge is 0.290 e. The van der Waals surface area contributed by atoms with Gasteiger partial charge in [0.15, 0.2) is 0 Å². The van der Waals surface area contributed by atoms with Crippen molar-refractivity contribution in [3.05, 3.63) is 81.7 Å². The Morgan fingerprint density at radius 1 is 1.10 bits per heavy atom. The van der Waals surface area contributed by atoms with Crippen LogP contribution in [0.2, 0.25) is 0 Å². The molecule has 3 aromatic rings. The molecule has 3 heterocycles. The summed E-state index contributed by atoms with van der Waals surface area (Å²) in [6.45, 7) is 12.7. The van der Waals surface area contributed by atoms with Gasteiger partial charge in [-0.2, -0.15) is 5.10 Å². The normalized spacial score (nSPS) is 17.1. The molecule has 0 unspecified atom stereocenters. The molecule has 1 fully saturated rings. The standard InChI is InChI=1S/C26H33FN4/c1-17(2)31-20(5)24(19(4)29-31)16-30-11-7-10-26(30)25-15-22(12-18(3)28-25)13-21-8-6-9-23(27)14-21/h6,8-9,12,14-15,17,26H,7,10-11,13,16H2,1-5H3/t26-/m1/s1. The van der Waals surface area contributed by atoms with Crippen molar-refractivity contribution >= 4 is 0 Å². The van der Waals surface area contributed by atoms with E-state index in [0.29, 0.717) is 12.1 Å². The van der Waals surface area contributed by atoms with Gasteiger partial charge < -0.3 is 0 Å². The topological polar surface area (TPSA) is 34.0 Å². The fourth-order valence-electron chi connectivity index (χ4n) is 4.91. The molecule has 0 N–H and O–H groups in total. The second kappa shape index (κ2) is 8.91. The number of aryl methyl sites for hydroxylation is 2. The Labute approximate surface area is 185 Å². The van der Waals surface area contributed by atoms with Crippen molar-refractivity contribution in [2.75, 3.05) is 6.54 Å². The van der Waals surface area contributed by atoms with Crippen LogP contribution in [0.15, 0.2) is 36.4 Å². The SMILES string of the molecule is Cc1cc(Cc2cccc(F)c2)cc([C@H]2CCCN2Cc2c(C)nn(C(C)C)c2C)n1. The van der Waals surface area contributed by atoms with Crippen molar-refractivity contribution in [1.82, 2.24) is 19.7 Å². The van der Waals surface area contributed by atoms with E-state index < -0.39 is 0 Å². The molecule has 1 aliphatic heterocycles. The van der Waals surface area contributed by atoms with E-state index in [1.165, 1.54) is 29.3 Å². The minimum Gasteiger partial charge on any atom is -0.290 e. The number of hydrogen-bond acceptors (Lipinski definition) is 3. The van der Waals surface area contributed by atoms with E-state index in [1.54, 1.807) is 12.1 Å². The van der Waals surface area contributed by atoms with Crippen LogP contribution in [0.5, 0.6) is 0 Å². The van der Waals surface area contributed by atoms with Gasteiger partial charge in [-0.3, -0.25) is 14.6 Å². The fraction of sp³-hybridized carbons (Fsp3) is 0.462. The molecule has 1 saturated heterocycles. The molecule has 0 aliphatic carbocycles. The molecule has 1 aromatic carbocycles. The van der Waals surface area contributed by atoms with E-state index >= 15 is 0 Å². The van der Waals surface area contributed by atoms with Gasteiger partial charge in [-0.1, -0.05) is 12.1 Å². The van der Waals surface area contributed by atoms with Gasteiger partial charge in [0.05, 0.1) is 17.4 Å². The third-order valence-corrected chi connectivity index (χ3v) is 6.36. The van der Waals surface area contributed by atoms with Crippen molar-refractivity contribution in [3.8, 4) is 0 Å². The zero-order chi connectivity index (χ0) is 22.1. The molecule has 5 heteroatoms. The number of likely N-dealkylation sites (tertiary alicyclic amines) is 1. The molecule has 4 rings (SSSR count). The van der Waals surface area contributed by atoms with Crippen LogP contribution < -0.4 is 0 Å². The number of pyridine rings is 1. The van der Waals surface area contributed by atoms with Gasteiger partial charge in [0.25, 0.3) is 0 Å². The van der Waals surface area contributed by atoms with Crippen LogP contribution in [0, 0.1) is 26.6 Å². The quantitative estimate of drug-likeness (QED) is 0.501. The maximum atomic E-state index is 13.6. The van der Waals surface area contributed by atoms with Crippen molar-refractivity contribution in [3.63, 3.8) is 0 Å². The second-order valence-electron chi connectivity index (χ2n) is 9.16. The highest BCUT2D eigenvalue weighted by Crippen LogP contribution is 2.34. The van der Waals surface area contributed by atoms with Crippen LogP contribution in [0.4, 0.5) is 4.39 Å². The summed E-state index contributed by atoms with van der Waals surface area (Å²) in [5.41, 5.74) is 8.08. The van der Waals surface area contributed by atoms with Crippen molar-refractivity contribution < 1.29 is 4.39 Å². The first-order valence-electron chi connectivity index (χ1n) is 11.3. The second-order valence-corrected chi connectivity index (χ2v) is 9.16. The lowest BCUT2D eigenvalue weighted by molar-refractivity contribution is 0.243. The first kappa shape index (κ1) is 21.7. The van der Waals surface area contributed by atoms with Gasteiger partial charge in [-0.15, -0.1) is 0 Å².